The summed E-state index contributed by atoms with van der Waals surface area (Å²) in [5.41, 5.74) is 1.49. The van der Waals surface area contributed by atoms with Gasteiger partial charge in [-0.25, -0.2) is 4.98 Å². The Kier molecular flexibility index (Phi) is 4.13. The van der Waals surface area contributed by atoms with Crippen LogP contribution in [0.2, 0.25) is 0 Å². The van der Waals surface area contributed by atoms with Crippen LogP contribution in [-0.4, -0.2) is 28.3 Å². The van der Waals surface area contributed by atoms with Crippen LogP contribution in [0.1, 0.15) is 56.5 Å². The lowest BCUT2D eigenvalue weighted by molar-refractivity contribution is -0.0683. The Labute approximate surface area is 121 Å². The number of imidazole rings is 1. The van der Waals surface area contributed by atoms with Crippen LogP contribution in [0.15, 0.2) is 6.20 Å². The van der Waals surface area contributed by atoms with E-state index in [1.54, 1.807) is 0 Å². The molecule has 4 heteroatoms. The Morgan fingerprint density at radius 3 is 2.90 bits per heavy atom. The van der Waals surface area contributed by atoms with Crippen molar-refractivity contribution < 1.29 is 4.74 Å². The molecule has 1 aliphatic carbocycles. The number of aromatic nitrogens is 2. The van der Waals surface area contributed by atoms with Crippen molar-refractivity contribution in [1.82, 2.24) is 14.9 Å². The quantitative estimate of drug-likeness (QED) is 0.920. The van der Waals surface area contributed by atoms with Crippen molar-refractivity contribution in [3.63, 3.8) is 0 Å². The first-order chi connectivity index (χ1) is 9.72. The van der Waals surface area contributed by atoms with Crippen LogP contribution in [0.5, 0.6) is 0 Å². The molecule has 1 aromatic rings. The number of rotatable bonds is 4. The number of nitrogens with zero attached hydrogens (tertiary/aromatic N) is 2. The third-order valence-corrected chi connectivity index (χ3v) is 4.99. The van der Waals surface area contributed by atoms with Crippen LogP contribution >= 0.6 is 0 Å². The minimum absolute atomic E-state index is 0.223. The van der Waals surface area contributed by atoms with Crippen molar-refractivity contribution in [3.8, 4) is 0 Å². The van der Waals surface area contributed by atoms with Crippen LogP contribution in [0.3, 0.4) is 0 Å². The van der Waals surface area contributed by atoms with E-state index >= 15 is 0 Å². The Hall–Kier alpha value is -0.870. The zero-order chi connectivity index (χ0) is 14.0. The van der Waals surface area contributed by atoms with Crippen LogP contribution in [0.4, 0.5) is 0 Å². The minimum Gasteiger partial charge on any atom is -0.370 e. The van der Waals surface area contributed by atoms with Crippen molar-refractivity contribution in [3.05, 3.63) is 17.7 Å². The second-order valence-corrected chi connectivity index (χ2v) is 6.46. The number of ether oxygens (including phenoxy) is 1. The first-order valence-corrected chi connectivity index (χ1v) is 8.06. The van der Waals surface area contributed by atoms with E-state index in [4.69, 9.17) is 4.74 Å². The van der Waals surface area contributed by atoms with Crippen molar-refractivity contribution in [2.45, 2.75) is 76.7 Å². The van der Waals surface area contributed by atoms with Gasteiger partial charge in [-0.3, -0.25) is 0 Å². The summed E-state index contributed by atoms with van der Waals surface area (Å²) in [6, 6.07) is 0. The molecule has 2 aliphatic rings. The van der Waals surface area contributed by atoms with Gasteiger partial charge in [0.25, 0.3) is 0 Å². The van der Waals surface area contributed by atoms with Crippen molar-refractivity contribution >= 4 is 0 Å². The Balaban J connectivity index is 1.65. The summed E-state index contributed by atoms with van der Waals surface area (Å²) in [6.07, 6.45) is 11.5. The molecule has 0 amide bonds. The zero-order valence-electron chi connectivity index (χ0n) is 12.8. The van der Waals surface area contributed by atoms with E-state index in [9.17, 15) is 0 Å². The Morgan fingerprint density at radius 2 is 2.15 bits per heavy atom. The first kappa shape index (κ1) is 14.1. The molecule has 0 radical (unpaired) electrons. The van der Waals surface area contributed by atoms with Crippen LogP contribution < -0.4 is 5.32 Å². The average molecular weight is 277 g/mol. The van der Waals surface area contributed by atoms with Gasteiger partial charge in [0, 0.05) is 12.7 Å². The molecular weight excluding hydrogens is 250 g/mol. The third kappa shape index (κ3) is 2.77. The van der Waals surface area contributed by atoms with Gasteiger partial charge in [0.2, 0.25) is 0 Å². The largest absolute Gasteiger partial charge is 0.370 e. The fourth-order valence-corrected chi connectivity index (χ4v) is 3.88. The van der Waals surface area contributed by atoms with Gasteiger partial charge in [-0.15, -0.1) is 0 Å². The van der Waals surface area contributed by atoms with Gasteiger partial charge in [-0.2, -0.15) is 0 Å². The minimum atomic E-state index is 0.223. The predicted molar refractivity (Wildman–Crippen MR) is 79.7 cm³/mol. The SMILES string of the molecule is CNCc1cnc(C)n1CC1CCC2(CCCCC2)O1. The van der Waals surface area contributed by atoms with Gasteiger partial charge >= 0.3 is 0 Å². The molecule has 1 saturated carbocycles. The highest BCUT2D eigenvalue weighted by molar-refractivity contribution is 5.05. The Morgan fingerprint density at radius 1 is 1.35 bits per heavy atom. The summed E-state index contributed by atoms with van der Waals surface area (Å²) in [4.78, 5) is 4.45. The van der Waals surface area contributed by atoms with Gasteiger partial charge in [-0.1, -0.05) is 19.3 Å². The van der Waals surface area contributed by atoms with E-state index in [0.29, 0.717) is 6.10 Å². The lowest BCUT2D eigenvalue weighted by atomic mass is 9.83. The summed E-state index contributed by atoms with van der Waals surface area (Å²) < 4.78 is 8.80. The summed E-state index contributed by atoms with van der Waals surface area (Å²) in [6.45, 7) is 3.92. The second kappa shape index (κ2) is 5.86. The zero-order valence-corrected chi connectivity index (χ0v) is 12.8. The summed E-state index contributed by atoms with van der Waals surface area (Å²) in [5.74, 6) is 1.10. The van der Waals surface area contributed by atoms with Crippen molar-refractivity contribution in [2.24, 2.45) is 0 Å². The number of hydrogen-bond acceptors (Lipinski definition) is 3. The molecule has 1 aliphatic heterocycles. The highest BCUT2D eigenvalue weighted by Crippen LogP contribution is 2.42. The Bertz CT molecular complexity index is 449. The molecule has 112 valence electrons. The normalized spacial score (nSPS) is 25.4. The molecule has 20 heavy (non-hydrogen) atoms. The molecule has 2 fully saturated rings. The lowest BCUT2D eigenvalue weighted by Crippen LogP contribution is -2.32. The average Bonchev–Trinajstić information content (AvgIpc) is 2.99. The van der Waals surface area contributed by atoms with Crippen LogP contribution in [0.25, 0.3) is 0 Å². The first-order valence-electron chi connectivity index (χ1n) is 8.06. The highest BCUT2D eigenvalue weighted by Gasteiger charge is 2.40. The molecule has 1 spiro atoms. The maximum atomic E-state index is 6.48. The molecule has 2 heterocycles. The van der Waals surface area contributed by atoms with Gasteiger partial charge in [0.05, 0.1) is 23.9 Å². The maximum Gasteiger partial charge on any atom is 0.105 e. The van der Waals surface area contributed by atoms with Crippen molar-refractivity contribution in [1.29, 1.82) is 0 Å². The van der Waals surface area contributed by atoms with E-state index in [-0.39, 0.29) is 5.60 Å². The fourth-order valence-electron chi connectivity index (χ4n) is 3.88. The molecule has 1 saturated heterocycles. The monoisotopic (exact) mass is 277 g/mol. The standard InChI is InChI=1S/C16H27N3O/c1-13-18-11-14(10-17-2)19(13)12-15-6-9-16(20-15)7-4-3-5-8-16/h11,15,17H,3-10,12H2,1-2H3. The van der Waals surface area contributed by atoms with Gasteiger partial charge in [0.1, 0.15) is 5.82 Å². The van der Waals surface area contributed by atoms with Gasteiger partial charge in [-0.05, 0) is 39.7 Å². The molecule has 3 rings (SSSR count). The number of hydrogen-bond donors (Lipinski definition) is 1. The molecule has 4 nitrogen and oxygen atoms in total. The second-order valence-electron chi connectivity index (χ2n) is 6.46. The fraction of sp³-hybridized carbons (Fsp3) is 0.812. The van der Waals surface area contributed by atoms with E-state index in [1.165, 1.54) is 50.6 Å². The molecule has 1 unspecified atom stereocenters. The predicted octanol–water partition coefficient (Wildman–Crippen LogP) is 2.79. The van der Waals surface area contributed by atoms with E-state index in [2.05, 4.69) is 21.8 Å². The molecule has 0 aromatic carbocycles. The molecule has 0 bridgehead atoms. The van der Waals surface area contributed by atoms with E-state index in [0.717, 1.165) is 18.9 Å². The maximum absolute atomic E-state index is 6.48. The highest BCUT2D eigenvalue weighted by atomic mass is 16.5. The van der Waals surface area contributed by atoms with Crippen LogP contribution in [-0.2, 0) is 17.8 Å². The summed E-state index contributed by atoms with van der Waals surface area (Å²) in [5, 5.41) is 3.22. The summed E-state index contributed by atoms with van der Waals surface area (Å²) in [7, 11) is 1.98. The molecule has 1 atom stereocenters. The third-order valence-electron chi connectivity index (χ3n) is 4.99. The van der Waals surface area contributed by atoms with Gasteiger partial charge < -0.3 is 14.6 Å². The number of aryl methyl sites for hydroxylation is 1. The molecular formula is C16H27N3O. The molecule has 1 aromatic heterocycles. The topological polar surface area (TPSA) is 39.1 Å². The van der Waals surface area contributed by atoms with Crippen molar-refractivity contribution in [2.75, 3.05) is 7.05 Å². The summed E-state index contributed by atoms with van der Waals surface area (Å²) >= 11 is 0. The van der Waals surface area contributed by atoms with E-state index in [1.807, 2.05) is 13.2 Å². The molecule has 1 N–H and O–H groups in total. The van der Waals surface area contributed by atoms with E-state index < -0.39 is 0 Å². The lowest BCUT2D eigenvalue weighted by Gasteiger charge is -2.33. The van der Waals surface area contributed by atoms with Crippen LogP contribution in [0, 0.1) is 6.92 Å². The smallest absolute Gasteiger partial charge is 0.105 e. The number of nitrogens with one attached hydrogen (secondary N) is 1. The van der Waals surface area contributed by atoms with Gasteiger partial charge in [0.15, 0.2) is 0 Å².